The number of H-pyrrole nitrogens is 1. The van der Waals surface area contributed by atoms with Crippen LogP contribution in [0.15, 0.2) is 54.6 Å². The van der Waals surface area contributed by atoms with Crippen molar-refractivity contribution in [1.82, 2.24) is 9.38 Å². The minimum Gasteiger partial charge on any atom is -0.465 e. The highest BCUT2D eigenvalue weighted by molar-refractivity contribution is 6.07. The van der Waals surface area contributed by atoms with E-state index in [4.69, 9.17) is 25.5 Å². The van der Waals surface area contributed by atoms with Crippen LogP contribution in [0.4, 0.5) is 5.69 Å². The van der Waals surface area contributed by atoms with E-state index in [2.05, 4.69) is 65.2 Å². The van der Waals surface area contributed by atoms with Gasteiger partial charge < -0.3 is 23.9 Å². The minimum atomic E-state index is -0.702. The molecule has 10 heteroatoms. The molecule has 4 aromatic rings. The first kappa shape index (κ1) is 39.7. The number of ether oxygens (including phenoxy) is 4. The Morgan fingerprint density at radius 3 is 2.00 bits per heavy atom. The van der Waals surface area contributed by atoms with E-state index in [1.54, 1.807) is 28.7 Å². The zero-order valence-corrected chi connectivity index (χ0v) is 32.2. The van der Waals surface area contributed by atoms with E-state index in [1.807, 2.05) is 18.2 Å². The molecule has 3 unspecified atom stereocenters. The average Bonchev–Trinajstić information content (AvgIpc) is 3.61. The SMILES string of the molecule is [C-]#[N+]c1c(C(=O)OCC(CCC(C)CC(C)(C)C)C(C)CC(C)(C)C)c2[nH]c(C(=O)OC)c(-c3ccccc3)n2c1Oc1ccc(C(=O)OC)cc1. The number of hydrogen-bond acceptors (Lipinski definition) is 7. The summed E-state index contributed by atoms with van der Waals surface area (Å²) >= 11 is 0. The number of carbonyl (C=O) groups excluding carboxylic acids is 3. The molecule has 2 aromatic carbocycles. The van der Waals surface area contributed by atoms with Crippen LogP contribution in [-0.4, -0.2) is 48.1 Å². The fraction of sp³-hybridized carbons (Fsp3) is 0.476. The number of hydrogen-bond donors (Lipinski definition) is 1. The second-order valence-corrected chi connectivity index (χ2v) is 16.2. The number of rotatable bonds is 14. The van der Waals surface area contributed by atoms with Gasteiger partial charge in [0.1, 0.15) is 17.0 Å². The van der Waals surface area contributed by atoms with E-state index < -0.39 is 17.9 Å². The first-order valence-corrected chi connectivity index (χ1v) is 17.8. The van der Waals surface area contributed by atoms with Gasteiger partial charge in [-0.25, -0.2) is 19.2 Å². The lowest BCUT2D eigenvalue weighted by molar-refractivity contribution is 0.0358. The molecule has 0 aliphatic rings. The summed E-state index contributed by atoms with van der Waals surface area (Å²) in [7, 11) is 2.57. The summed E-state index contributed by atoms with van der Waals surface area (Å²) in [6.45, 7) is 26.3. The normalized spacial score (nSPS) is 13.6. The van der Waals surface area contributed by atoms with E-state index in [9.17, 15) is 14.4 Å². The number of carbonyl (C=O) groups is 3. The van der Waals surface area contributed by atoms with E-state index in [1.165, 1.54) is 26.4 Å². The molecule has 10 nitrogen and oxygen atoms in total. The zero-order valence-electron chi connectivity index (χ0n) is 32.2. The smallest absolute Gasteiger partial charge is 0.356 e. The van der Waals surface area contributed by atoms with Crippen molar-refractivity contribution in [3.8, 4) is 22.9 Å². The van der Waals surface area contributed by atoms with Gasteiger partial charge in [0.05, 0.1) is 38.7 Å². The monoisotopic (exact) mass is 711 g/mol. The van der Waals surface area contributed by atoms with Crippen molar-refractivity contribution in [2.45, 2.75) is 81.1 Å². The molecule has 278 valence electrons. The van der Waals surface area contributed by atoms with Crippen molar-refractivity contribution in [2.75, 3.05) is 20.8 Å². The van der Waals surface area contributed by atoms with Crippen LogP contribution in [0, 0.1) is 35.2 Å². The number of aromatic amines is 1. The molecule has 0 fully saturated rings. The molecule has 0 radical (unpaired) electrons. The highest BCUT2D eigenvalue weighted by Gasteiger charge is 2.34. The summed E-state index contributed by atoms with van der Waals surface area (Å²) in [5, 5.41) is 0. The summed E-state index contributed by atoms with van der Waals surface area (Å²) in [6.07, 6.45) is 3.95. The van der Waals surface area contributed by atoms with Crippen LogP contribution in [0.1, 0.15) is 112 Å². The van der Waals surface area contributed by atoms with Crippen LogP contribution in [0.2, 0.25) is 0 Å². The van der Waals surface area contributed by atoms with Gasteiger partial charge in [-0.05, 0) is 72.1 Å². The molecule has 2 heterocycles. The number of benzene rings is 2. The van der Waals surface area contributed by atoms with Crippen LogP contribution >= 0.6 is 0 Å². The molecular formula is C42H53N3O7. The van der Waals surface area contributed by atoms with Gasteiger partial charge in [-0.1, -0.05) is 92.1 Å². The topological polar surface area (TPSA) is 113 Å². The van der Waals surface area contributed by atoms with Gasteiger partial charge in [-0.2, -0.15) is 0 Å². The summed E-state index contributed by atoms with van der Waals surface area (Å²) in [5.41, 5.74) is 1.69. The molecule has 0 aliphatic carbocycles. The van der Waals surface area contributed by atoms with Crippen molar-refractivity contribution in [1.29, 1.82) is 0 Å². The number of aromatic nitrogens is 2. The number of nitrogens with zero attached hydrogens (tertiary/aromatic N) is 2. The summed E-state index contributed by atoms with van der Waals surface area (Å²) in [6, 6.07) is 15.3. The van der Waals surface area contributed by atoms with Gasteiger partial charge in [0.2, 0.25) is 5.88 Å². The molecule has 3 atom stereocenters. The van der Waals surface area contributed by atoms with Gasteiger partial charge >= 0.3 is 17.9 Å². The molecule has 52 heavy (non-hydrogen) atoms. The predicted octanol–water partition coefficient (Wildman–Crippen LogP) is 10.5. The molecule has 0 spiro atoms. The average molecular weight is 712 g/mol. The van der Waals surface area contributed by atoms with Crippen LogP contribution in [-0.2, 0) is 14.2 Å². The second-order valence-electron chi connectivity index (χ2n) is 16.2. The lowest BCUT2D eigenvalue weighted by Gasteiger charge is -2.31. The second kappa shape index (κ2) is 16.5. The molecule has 0 amide bonds. The fourth-order valence-corrected chi connectivity index (χ4v) is 7.12. The highest BCUT2D eigenvalue weighted by Crippen LogP contribution is 2.44. The van der Waals surface area contributed by atoms with Crippen LogP contribution in [0.25, 0.3) is 21.7 Å². The Bertz CT molecular complexity index is 1900. The standard InChI is InChI=1S/C42H53N3O7/c1-26(23-41(3,4)5)17-18-30(27(2)24-42(6,7)8)25-51-39(47)32-33(43-9)37(52-31-21-19-29(20-22-31)38(46)49-10)45-35(28-15-13-12-14-16-28)34(40(48)50-11)44-36(32)45/h12-16,19-22,26-27,30,44H,17-18,23-25H2,1-8,10-11H3. The van der Waals surface area contributed by atoms with E-state index in [0.29, 0.717) is 22.7 Å². The van der Waals surface area contributed by atoms with Crippen molar-refractivity contribution >= 4 is 29.2 Å². The summed E-state index contributed by atoms with van der Waals surface area (Å²) in [5.74, 6) is -0.711. The first-order chi connectivity index (χ1) is 24.5. The van der Waals surface area contributed by atoms with Crippen molar-refractivity contribution in [3.05, 3.63) is 82.8 Å². The minimum absolute atomic E-state index is 0.00156. The Balaban J connectivity index is 1.81. The molecule has 0 bridgehead atoms. The van der Waals surface area contributed by atoms with Gasteiger partial charge in [-0.15, -0.1) is 0 Å². The highest BCUT2D eigenvalue weighted by atomic mass is 16.5. The lowest BCUT2D eigenvalue weighted by atomic mass is 9.76. The van der Waals surface area contributed by atoms with E-state index in [0.717, 1.165) is 25.7 Å². The zero-order chi connectivity index (χ0) is 38.4. The number of nitrogens with one attached hydrogen (secondary N) is 1. The third-order valence-electron chi connectivity index (χ3n) is 9.21. The molecule has 2 aromatic heterocycles. The third-order valence-corrected chi connectivity index (χ3v) is 9.21. The van der Waals surface area contributed by atoms with Gasteiger partial charge in [0, 0.05) is 5.56 Å². The van der Waals surface area contributed by atoms with Crippen molar-refractivity contribution in [3.63, 3.8) is 0 Å². The molecule has 0 aliphatic heterocycles. The third kappa shape index (κ3) is 9.64. The fourth-order valence-electron chi connectivity index (χ4n) is 7.12. The van der Waals surface area contributed by atoms with Gasteiger partial charge in [0.25, 0.3) is 5.69 Å². The number of methoxy groups -OCH3 is 2. The number of fused-ring (bicyclic) bond motifs is 1. The first-order valence-electron chi connectivity index (χ1n) is 17.8. The van der Waals surface area contributed by atoms with Gasteiger partial charge in [0.15, 0.2) is 5.69 Å². The van der Waals surface area contributed by atoms with E-state index in [-0.39, 0.29) is 63.5 Å². The largest absolute Gasteiger partial charge is 0.465 e. The Hall–Kier alpha value is -5.04. The number of esters is 3. The Kier molecular flexibility index (Phi) is 12.6. The molecule has 4 rings (SSSR count). The van der Waals surface area contributed by atoms with Crippen molar-refractivity contribution in [2.24, 2.45) is 28.6 Å². The molecular weight excluding hydrogens is 658 g/mol. The maximum atomic E-state index is 14.3. The molecule has 0 saturated heterocycles. The molecule has 1 N–H and O–H groups in total. The summed E-state index contributed by atoms with van der Waals surface area (Å²) in [4.78, 5) is 46.4. The Labute approximate surface area is 307 Å². The lowest BCUT2D eigenvalue weighted by Crippen LogP contribution is -2.25. The summed E-state index contributed by atoms with van der Waals surface area (Å²) < 4.78 is 24.0. The van der Waals surface area contributed by atoms with Crippen molar-refractivity contribution < 1.29 is 33.3 Å². The Morgan fingerprint density at radius 2 is 1.44 bits per heavy atom. The molecule has 0 saturated carbocycles. The van der Waals surface area contributed by atoms with Crippen LogP contribution in [0.3, 0.4) is 0 Å². The maximum absolute atomic E-state index is 14.3. The Morgan fingerprint density at radius 1 is 0.827 bits per heavy atom. The van der Waals surface area contributed by atoms with E-state index >= 15 is 0 Å². The number of imidazole rings is 1. The van der Waals surface area contributed by atoms with Crippen LogP contribution < -0.4 is 4.74 Å². The van der Waals surface area contributed by atoms with Crippen LogP contribution in [0.5, 0.6) is 11.6 Å². The quantitative estimate of drug-likeness (QED) is 0.0787. The maximum Gasteiger partial charge on any atom is 0.356 e. The van der Waals surface area contributed by atoms with Gasteiger partial charge in [-0.3, -0.25) is 4.40 Å². The predicted molar refractivity (Wildman–Crippen MR) is 202 cm³/mol.